The lowest BCUT2D eigenvalue weighted by atomic mass is 10.2. The Kier molecular flexibility index (Phi) is 4.86. The molecule has 1 aromatic heterocycles. The number of aromatic nitrogens is 2. The molecule has 22 heavy (non-hydrogen) atoms. The molecule has 1 fully saturated rings. The second-order valence-electron chi connectivity index (χ2n) is 5.93. The van der Waals surface area contributed by atoms with Crippen molar-refractivity contribution in [3.05, 3.63) is 11.7 Å². The van der Waals surface area contributed by atoms with Crippen LogP contribution in [-0.4, -0.2) is 59.6 Å². The van der Waals surface area contributed by atoms with Gasteiger partial charge in [0.25, 0.3) is 0 Å². The van der Waals surface area contributed by atoms with Gasteiger partial charge in [-0.05, 0) is 12.8 Å². The van der Waals surface area contributed by atoms with Crippen LogP contribution in [0.25, 0.3) is 0 Å². The van der Waals surface area contributed by atoms with Gasteiger partial charge in [-0.2, -0.15) is 9.29 Å². The number of rotatable bonds is 5. The summed E-state index contributed by atoms with van der Waals surface area (Å²) < 4.78 is 29.8. The molecule has 0 N–H and O–H groups in total. The molecule has 0 spiro atoms. The van der Waals surface area contributed by atoms with Gasteiger partial charge in [-0.3, -0.25) is 4.79 Å². The summed E-state index contributed by atoms with van der Waals surface area (Å²) >= 11 is 0. The number of carbonyl (C=O) groups excluding carboxylic acids is 1. The molecule has 0 saturated carbocycles. The number of amides is 1. The first-order valence-corrected chi connectivity index (χ1v) is 9.09. The van der Waals surface area contributed by atoms with Gasteiger partial charge >= 0.3 is 0 Å². The average molecular weight is 330 g/mol. The van der Waals surface area contributed by atoms with E-state index in [9.17, 15) is 13.2 Å². The minimum Gasteiger partial charge on any atom is -0.339 e. The maximum absolute atomic E-state index is 12.5. The van der Waals surface area contributed by atoms with E-state index >= 15 is 0 Å². The van der Waals surface area contributed by atoms with Crippen molar-refractivity contribution < 1.29 is 17.7 Å². The molecule has 0 bridgehead atoms. The second kappa shape index (κ2) is 6.33. The van der Waals surface area contributed by atoms with Crippen LogP contribution >= 0.6 is 0 Å². The molecule has 2 heterocycles. The predicted molar refractivity (Wildman–Crippen MR) is 79.4 cm³/mol. The molecule has 124 valence electrons. The van der Waals surface area contributed by atoms with Crippen molar-refractivity contribution >= 4 is 15.9 Å². The molecule has 2 rings (SSSR count). The minimum atomic E-state index is -3.37. The van der Waals surface area contributed by atoms with Gasteiger partial charge in [-0.25, -0.2) is 8.42 Å². The molecule has 1 atom stereocenters. The van der Waals surface area contributed by atoms with Crippen molar-refractivity contribution in [2.75, 3.05) is 19.8 Å². The molecule has 1 aliphatic rings. The van der Waals surface area contributed by atoms with E-state index in [0.29, 0.717) is 31.1 Å². The van der Waals surface area contributed by atoms with Crippen LogP contribution in [0.1, 0.15) is 44.3 Å². The standard InChI is InChI=1S/C13H22N4O4S/c1-9(2)12-14-11(15-21-12)8-16(3)13(18)10-6-5-7-17(10)22(4,19)20/h9-10H,5-8H2,1-4H3. The SMILES string of the molecule is CC(C)c1nc(CN(C)C(=O)C2CCCN2S(C)(=O)=O)no1. The van der Waals surface area contributed by atoms with Crippen molar-refractivity contribution in [3.8, 4) is 0 Å². The zero-order valence-corrected chi connectivity index (χ0v) is 14.1. The third-order valence-electron chi connectivity index (χ3n) is 3.65. The van der Waals surface area contributed by atoms with E-state index in [-0.39, 0.29) is 18.4 Å². The van der Waals surface area contributed by atoms with E-state index in [1.807, 2.05) is 13.8 Å². The quantitative estimate of drug-likeness (QED) is 0.783. The van der Waals surface area contributed by atoms with E-state index in [0.717, 1.165) is 6.26 Å². The molecular weight excluding hydrogens is 308 g/mol. The molecule has 1 amide bonds. The normalized spacial score (nSPS) is 19.8. The Morgan fingerprint density at radius 3 is 2.73 bits per heavy atom. The maximum Gasteiger partial charge on any atom is 0.241 e. The lowest BCUT2D eigenvalue weighted by Gasteiger charge is -2.25. The fraction of sp³-hybridized carbons (Fsp3) is 0.769. The summed E-state index contributed by atoms with van der Waals surface area (Å²) in [4.78, 5) is 18.2. The molecule has 1 aliphatic heterocycles. The predicted octanol–water partition coefficient (Wildman–Crippen LogP) is 0.575. The molecule has 1 saturated heterocycles. The van der Waals surface area contributed by atoms with Gasteiger partial charge in [0.2, 0.25) is 21.8 Å². The summed E-state index contributed by atoms with van der Waals surface area (Å²) in [6.07, 6.45) is 2.36. The molecule has 9 heteroatoms. The van der Waals surface area contributed by atoms with Gasteiger partial charge in [0.05, 0.1) is 12.8 Å². The monoisotopic (exact) mass is 330 g/mol. The number of sulfonamides is 1. The lowest BCUT2D eigenvalue weighted by Crippen LogP contribution is -2.46. The van der Waals surface area contributed by atoms with E-state index in [1.54, 1.807) is 7.05 Å². The van der Waals surface area contributed by atoms with Crippen molar-refractivity contribution in [1.82, 2.24) is 19.3 Å². The molecule has 1 aromatic rings. The van der Waals surface area contributed by atoms with Crippen LogP contribution in [0, 0.1) is 0 Å². The molecular formula is C13H22N4O4S. The first-order chi connectivity index (χ1) is 10.2. The largest absolute Gasteiger partial charge is 0.339 e. The summed E-state index contributed by atoms with van der Waals surface area (Å²) in [5.74, 6) is 0.828. The number of hydrogen-bond donors (Lipinski definition) is 0. The van der Waals surface area contributed by atoms with Crippen LogP contribution in [-0.2, 0) is 21.4 Å². The lowest BCUT2D eigenvalue weighted by molar-refractivity contribution is -0.133. The Balaban J connectivity index is 2.05. The average Bonchev–Trinajstić information content (AvgIpc) is 3.05. The number of nitrogens with zero attached hydrogens (tertiary/aromatic N) is 4. The smallest absolute Gasteiger partial charge is 0.241 e. The minimum absolute atomic E-state index is 0.123. The van der Waals surface area contributed by atoms with Crippen molar-refractivity contribution in [2.45, 2.75) is 45.2 Å². The fourth-order valence-corrected chi connectivity index (χ4v) is 3.61. The Morgan fingerprint density at radius 2 is 2.18 bits per heavy atom. The maximum atomic E-state index is 12.5. The van der Waals surface area contributed by atoms with E-state index in [2.05, 4.69) is 10.1 Å². The number of hydrogen-bond acceptors (Lipinski definition) is 6. The van der Waals surface area contributed by atoms with Gasteiger partial charge in [0.1, 0.15) is 6.04 Å². The van der Waals surface area contributed by atoms with Crippen LogP contribution in [0.4, 0.5) is 0 Å². The van der Waals surface area contributed by atoms with Gasteiger partial charge in [-0.1, -0.05) is 19.0 Å². The Hall–Kier alpha value is -1.48. The van der Waals surface area contributed by atoms with Gasteiger partial charge in [0.15, 0.2) is 5.82 Å². The fourth-order valence-electron chi connectivity index (χ4n) is 2.49. The van der Waals surface area contributed by atoms with Crippen molar-refractivity contribution in [1.29, 1.82) is 0 Å². The molecule has 0 radical (unpaired) electrons. The summed E-state index contributed by atoms with van der Waals surface area (Å²) in [6, 6.07) is -0.628. The van der Waals surface area contributed by atoms with Gasteiger partial charge in [-0.15, -0.1) is 0 Å². The Bertz CT molecular complexity index is 640. The molecule has 0 aromatic carbocycles. The molecule has 8 nitrogen and oxygen atoms in total. The van der Waals surface area contributed by atoms with Gasteiger partial charge < -0.3 is 9.42 Å². The summed E-state index contributed by atoms with van der Waals surface area (Å²) in [5.41, 5.74) is 0. The van der Waals surface area contributed by atoms with Gasteiger partial charge in [0, 0.05) is 19.5 Å². The highest BCUT2D eigenvalue weighted by atomic mass is 32.2. The van der Waals surface area contributed by atoms with Crippen LogP contribution < -0.4 is 0 Å². The highest BCUT2D eigenvalue weighted by Gasteiger charge is 2.38. The first kappa shape index (κ1) is 16.9. The second-order valence-corrected chi connectivity index (χ2v) is 7.86. The van der Waals surface area contributed by atoms with E-state index < -0.39 is 16.1 Å². The third-order valence-corrected chi connectivity index (χ3v) is 4.94. The summed E-state index contributed by atoms with van der Waals surface area (Å²) in [5, 5.41) is 3.84. The highest BCUT2D eigenvalue weighted by Crippen LogP contribution is 2.22. The van der Waals surface area contributed by atoms with E-state index in [1.165, 1.54) is 9.21 Å². The zero-order chi connectivity index (χ0) is 16.5. The summed E-state index contributed by atoms with van der Waals surface area (Å²) in [7, 11) is -1.76. The first-order valence-electron chi connectivity index (χ1n) is 7.24. The molecule has 0 aliphatic carbocycles. The van der Waals surface area contributed by atoms with Crippen LogP contribution in [0.3, 0.4) is 0 Å². The van der Waals surface area contributed by atoms with Crippen LogP contribution in [0.5, 0.6) is 0 Å². The zero-order valence-electron chi connectivity index (χ0n) is 13.3. The van der Waals surface area contributed by atoms with Crippen LogP contribution in [0.15, 0.2) is 4.52 Å². The third kappa shape index (κ3) is 3.64. The summed E-state index contributed by atoms with van der Waals surface area (Å²) in [6.45, 7) is 4.47. The van der Waals surface area contributed by atoms with E-state index in [4.69, 9.17) is 4.52 Å². The Morgan fingerprint density at radius 1 is 1.50 bits per heavy atom. The topological polar surface area (TPSA) is 96.6 Å². The van der Waals surface area contributed by atoms with Crippen molar-refractivity contribution in [2.24, 2.45) is 0 Å². The van der Waals surface area contributed by atoms with Crippen LogP contribution in [0.2, 0.25) is 0 Å². The van der Waals surface area contributed by atoms with Crippen molar-refractivity contribution in [3.63, 3.8) is 0 Å². The Labute approximate surface area is 130 Å². The number of likely N-dealkylation sites (N-methyl/N-ethyl adjacent to an activating group) is 1. The highest BCUT2D eigenvalue weighted by molar-refractivity contribution is 7.88. The number of carbonyl (C=O) groups is 1. The molecule has 1 unspecified atom stereocenters.